The Bertz CT molecular complexity index is 1170. The Kier molecular flexibility index (Phi) is 11.1. The number of rotatable bonds is 8. The number of aryl methyl sites for hydroxylation is 1. The van der Waals surface area contributed by atoms with Gasteiger partial charge in [0.15, 0.2) is 0 Å². The average molecular weight is 570 g/mol. The molecule has 4 N–H and O–H groups in total. The van der Waals surface area contributed by atoms with Crippen molar-refractivity contribution < 1.29 is 28.6 Å². The predicted octanol–water partition coefficient (Wildman–Crippen LogP) is 3.39. The van der Waals surface area contributed by atoms with Crippen LogP contribution in [0.1, 0.15) is 62.1 Å². The molecule has 3 unspecified atom stereocenters. The number of hydrogen-bond acceptors (Lipinski definition) is 6. The van der Waals surface area contributed by atoms with Gasteiger partial charge in [-0.05, 0) is 67.3 Å². The molecule has 2 aromatic carbocycles. The van der Waals surface area contributed by atoms with Crippen molar-refractivity contribution in [3.05, 3.63) is 65.0 Å². The molecule has 2 aliphatic rings. The van der Waals surface area contributed by atoms with Crippen LogP contribution in [0, 0.1) is 11.7 Å². The minimum Gasteiger partial charge on any atom is -0.493 e. The van der Waals surface area contributed by atoms with Crippen LogP contribution in [0.5, 0.6) is 5.75 Å². The fraction of sp³-hybridized carbons (Fsp3) is 0.562. The standard InChI is InChI=1S/C32H44FN3O5/c1-3-22-6-4-7-25(14-22)32(11-12-32)35-19-29(37)28-17-24-15-26(33)18-27(16-24)41-21-23(20-40-2)10-13-34-30(38)8-5-9-31(39)36-28/h4,6-7,14-16,18,23,28-29,35,37H,3,5,8-13,17,19-21H2,1-2H3,(H,34,38)(H,36,39). The van der Waals surface area contributed by atoms with E-state index in [2.05, 4.69) is 47.1 Å². The van der Waals surface area contributed by atoms with Crippen LogP contribution >= 0.6 is 0 Å². The van der Waals surface area contributed by atoms with Gasteiger partial charge in [0.1, 0.15) is 11.6 Å². The van der Waals surface area contributed by atoms with Crippen molar-refractivity contribution >= 4 is 11.8 Å². The van der Waals surface area contributed by atoms with E-state index in [0.717, 1.165) is 19.3 Å². The number of amides is 2. The zero-order chi connectivity index (χ0) is 29.2. The second kappa shape index (κ2) is 14.8. The molecule has 2 aromatic rings. The monoisotopic (exact) mass is 569 g/mol. The largest absolute Gasteiger partial charge is 0.493 e. The normalized spacial score (nSPS) is 22.5. The van der Waals surface area contributed by atoms with E-state index < -0.39 is 18.0 Å². The molecule has 0 radical (unpaired) electrons. The van der Waals surface area contributed by atoms with Crippen molar-refractivity contribution in [3.63, 3.8) is 0 Å². The third-order valence-electron chi connectivity index (χ3n) is 8.06. The summed E-state index contributed by atoms with van der Waals surface area (Å²) in [6.07, 6.45) is 3.63. The van der Waals surface area contributed by atoms with Crippen LogP contribution in [0.15, 0.2) is 42.5 Å². The number of hydrogen-bond donors (Lipinski definition) is 4. The molecule has 9 heteroatoms. The Balaban J connectivity index is 1.50. The maximum absolute atomic E-state index is 14.6. The SMILES string of the molecule is CCc1cccc(C2(NCC(O)C3Cc4cc(F)cc(c4)OCC(COC)CCNC(=O)CCCC(=O)N3)CC2)c1. The molecule has 1 heterocycles. The van der Waals surface area contributed by atoms with Crippen molar-refractivity contribution in [3.8, 4) is 5.75 Å². The molecule has 224 valence electrons. The lowest BCUT2D eigenvalue weighted by Gasteiger charge is -2.27. The fourth-order valence-electron chi connectivity index (χ4n) is 5.44. The Morgan fingerprint density at radius 2 is 1.98 bits per heavy atom. The summed E-state index contributed by atoms with van der Waals surface area (Å²) in [5.41, 5.74) is 2.91. The molecule has 0 saturated heterocycles. The van der Waals surface area contributed by atoms with E-state index in [1.165, 1.54) is 23.3 Å². The number of benzene rings is 2. The zero-order valence-corrected chi connectivity index (χ0v) is 24.2. The van der Waals surface area contributed by atoms with Crippen molar-refractivity contribution in [2.45, 2.75) is 76.0 Å². The van der Waals surface area contributed by atoms with Crippen molar-refractivity contribution in [1.29, 1.82) is 0 Å². The van der Waals surface area contributed by atoms with Gasteiger partial charge in [0.05, 0.1) is 25.4 Å². The Labute approximate surface area is 242 Å². The summed E-state index contributed by atoms with van der Waals surface area (Å²) in [7, 11) is 1.61. The maximum atomic E-state index is 14.6. The van der Waals surface area contributed by atoms with Crippen LogP contribution in [-0.4, -0.2) is 62.5 Å². The highest BCUT2D eigenvalue weighted by Crippen LogP contribution is 2.45. The molecular formula is C32H44FN3O5. The molecular weight excluding hydrogens is 525 g/mol. The van der Waals surface area contributed by atoms with E-state index in [-0.39, 0.29) is 49.1 Å². The predicted molar refractivity (Wildman–Crippen MR) is 155 cm³/mol. The van der Waals surface area contributed by atoms with Crippen LogP contribution < -0.4 is 20.7 Å². The first kappa shape index (κ1) is 30.9. The van der Waals surface area contributed by atoms with E-state index in [0.29, 0.717) is 43.9 Å². The summed E-state index contributed by atoms with van der Waals surface area (Å²) in [5, 5.41) is 20.7. The second-order valence-electron chi connectivity index (χ2n) is 11.4. The Morgan fingerprint density at radius 1 is 1.17 bits per heavy atom. The number of aliphatic hydroxyl groups is 1. The molecule has 0 aromatic heterocycles. The molecule has 2 bridgehead atoms. The molecule has 3 atom stereocenters. The molecule has 0 spiro atoms. The third kappa shape index (κ3) is 9.24. The lowest BCUT2D eigenvalue weighted by atomic mass is 9.98. The fourth-order valence-corrected chi connectivity index (χ4v) is 5.44. The molecule has 1 saturated carbocycles. The number of carbonyl (C=O) groups excluding carboxylic acids is 2. The molecule has 1 aliphatic heterocycles. The van der Waals surface area contributed by atoms with Gasteiger partial charge in [-0.2, -0.15) is 0 Å². The zero-order valence-electron chi connectivity index (χ0n) is 24.2. The van der Waals surface area contributed by atoms with Gasteiger partial charge in [-0.3, -0.25) is 9.59 Å². The first-order valence-corrected chi connectivity index (χ1v) is 14.8. The van der Waals surface area contributed by atoms with Crippen LogP contribution in [0.2, 0.25) is 0 Å². The van der Waals surface area contributed by atoms with Crippen LogP contribution in [-0.2, 0) is 32.7 Å². The van der Waals surface area contributed by atoms with E-state index in [1.807, 2.05) is 0 Å². The van der Waals surface area contributed by atoms with Gasteiger partial charge in [0.2, 0.25) is 11.8 Å². The van der Waals surface area contributed by atoms with Gasteiger partial charge >= 0.3 is 0 Å². The van der Waals surface area contributed by atoms with Crippen molar-refractivity contribution in [2.24, 2.45) is 5.92 Å². The third-order valence-corrected chi connectivity index (χ3v) is 8.06. The average Bonchev–Trinajstić information content (AvgIpc) is 3.75. The lowest BCUT2D eigenvalue weighted by Crippen LogP contribution is -2.50. The molecule has 1 fully saturated rings. The first-order valence-electron chi connectivity index (χ1n) is 14.8. The minimum absolute atomic E-state index is 0.0133. The Morgan fingerprint density at radius 3 is 2.73 bits per heavy atom. The van der Waals surface area contributed by atoms with Crippen LogP contribution in [0.4, 0.5) is 4.39 Å². The number of ether oxygens (including phenoxy) is 2. The molecule has 41 heavy (non-hydrogen) atoms. The number of fused-ring (bicyclic) bond motifs is 2. The quantitative estimate of drug-likeness (QED) is 0.388. The minimum atomic E-state index is -0.921. The topological polar surface area (TPSA) is 109 Å². The summed E-state index contributed by atoms with van der Waals surface area (Å²) in [4.78, 5) is 25.2. The second-order valence-corrected chi connectivity index (χ2v) is 11.4. The van der Waals surface area contributed by atoms with E-state index in [1.54, 1.807) is 13.2 Å². The molecule has 2 amide bonds. The van der Waals surface area contributed by atoms with Gasteiger partial charge in [-0.15, -0.1) is 0 Å². The summed E-state index contributed by atoms with van der Waals surface area (Å²) >= 11 is 0. The van der Waals surface area contributed by atoms with E-state index >= 15 is 0 Å². The molecule has 8 nitrogen and oxygen atoms in total. The summed E-state index contributed by atoms with van der Waals surface area (Å²) in [6.45, 7) is 3.61. The van der Waals surface area contributed by atoms with E-state index in [4.69, 9.17) is 9.47 Å². The molecule has 1 aliphatic carbocycles. The highest BCUT2D eigenvalue weighted by Gasteiger charge is 2.44. The van der Waals surface area contributed by atoms with Crippen molar-refractivity contribution in [2.75, 3.05) is 33.4 Å². The lowest BCUT2D eigenvalue weighted by molar-refractivity contribution is -0.123. The van der Waals surface area contributed by atoms with Gasteiger partial charge in [-0.25, -0.2) is 4.39 Å². The number of halogens is 1. The summed E-state index contributed by atoms with van der Waals surface area (Å²) in [5.74, 6) is -0.429. The van der Waals surface area contributed by atoms with Crippen molar-refractivity contribution in [1.82, 2.24) is 16.0 Å². The number of nitrogens with one attached hydrogen (secondary N) is 3. The number of carbonyl (C=O) groups is 2. The van der Waals surface area contributed by atoms with Gasteiger partial charge in [-0.1, -0.05) is 31.2 Å². The highest BCUT2D eigenvalue weighted by molar-refractivity contribution is 5.79. The maximum Gasteiger partial charge on any atom is 0.220 e. The number of aliphatic hydroxyl groups excluding tert-OH is 1. The summed E-state index contributed by atoms with van der Waals surface area (Å²) < 4.78 is 25.9. The summed E-state index contributed by atoms with van der Waals surface area (Å²) in [6, 6.07) is 12.3. The van der Waals surface area contributed by atoms with E-state index in [9.17, 15) is 19.1 Å². The first-order chi connectivity index (χ1) is 19.8. The van der Waals surface area contributed by atoms with Crippen LogP contribution in [0.3, 0.4) is 0 Å². The highest BCUT2D eigenvalue weighted by atomic mass is 19.1. The van der Waals surface area contributed by atoms with Crippen LogP contribution in [0.25, 0.3) is 0 Å². The smallest absolute Gasteiger partial charge is 0.220 e. The number of methoxy groups -OCH3 is 1. The van der Waals surface area contributed by atoms with Gasteiger partial charge in [0.25, 0.3) is 0 Å². The Hall–Kier alpha value is -3.01. The van der Waals surface area contributed by atoms with Gasteiger partial charge in [0, 0.05) is 50.6 Å². The van der Waals surface area contributed by atoms with Gasteiger partial charge < -0.3 is 30.5 Å². The molecule has 4 rings (SSSR count).